The van der Waals surface area contributed by atoms with E-state index in [1.807, 2.05) is 31.2 Å². The van der Waals surface area contributed by atoms with Crippen LogP contribution in [-0.2, 0) is 0 Å². The van der Waals surface area contributed by atoms with Crippen molar-refractivity contribution in [1.82, 2.24) is 9.97 Å². The van der Waals surface area contributed by atoms with Crippen LogP contribution in [0.25, 0.3) is 11.0 Å². The summed E-state index contributed by atoms with van der Waals surface area (Å²) < 4.78 is 0. The SMILES string of the molecule is CC(N)CSc1nc2ccccc2[nH]1. The Balaban J connectivity index is 2.19. The molecule has 0 radical (unpaired) electrons. The summed E-state index contributed by atoms with van der Waals surface area (Å²) in [7, 11) is 0. The third kappa shape index (κ3) is 2.08. The van der Waals surface area contributed by atoms with E-state index in [-0.39, 0.29) is 6.04 Å². The first-order valence-corrected chi connectivity index (χ1v) is 5.57. The highest BCUT2D eigenvalue weighted by molar-refractivity contribution is 7.99. The van der Waals surface area contributed by atoms with Crippen LogP contribution in [0.2, 0.25) is 0 Å². The van der Waals surface area contributed by atoms with Crippen LogP contribution in [0.4, 0.5) is 0 Å². The molecule has 0 aliphatic carbocycles. The van der Waals surface area contributed by atoms with Gasteiger partial charge in [-0.15, -0.1) is 0 Å². The van der Waals surface area contributed by atoms with Gasteiger partial charge in [-0.1, -0.05) is 23.9 Å². The summed E-state index contributed by atoms with van der Waals surface area (Å²) in [6.45, 7) is 2.00. The third-order valence-corrected chi connectivity index (χ3v) is 3.01. The second kappa shape index (κ2) is 4.02. The first-order chi connectivity index (χ1) is 6.75. The van der Waals surface area contributed by atoms with Gasteiger partial charge in [0.05, 0.1) is 11.0 Å². The lowest BCUT2D eigenvalue weighted by atomic mass is 10.3. The van der Waals surface area contributed by atoms with Gasteiger partial charge in [-0.2, -0.15) is 0 Å². The molecule has 2 aromatic rings. The maximum absolute atomic E-state index is 5.67. The number of benzene rings is 1. The van der Waals surface area contributed by atoms with Gasteiger partial charge >= 0.3 is 0 Å². The van der Waals surface area contributed by atoms with Crippen LogP contribution >= 0.6 is 11.8 Å². The Hall–Kier alpha value is -1.00. The molecular weight excluding hydrogens is 194 g/mol. The van der Waals surface area contributed by atoms with Crippen LogP contribution in [-0.4, -0.2) is 21.8 Å². The number of nitrogens with one attached hydrogen (secondary N) is 1. The van der Waals surface area contributed by atoms with Gasteiger partial charge in [-0.25, -0.2) is 4.98 Å². The lowest BCUT2D eigenvalue weighted by Crippen LogP contribution is -2.17. The molecule has 0 aliphatic rings. The topological polar surface area (TPSA) is 54.7 Å². The molecule has 14 heavy (non-hydrogen) atoms. The number of rotatable bonds is 3. The number of hydrogen-bond acceptors (Lipinski definition) is 3. The summed E-state index contributed by atoms with van der Waals surface area (Å²) in [5.74, 6) is 0.889. The van der Waals surface area contributed by atoms with E-state index in [9.17, 15) is 0 Å². The number of nitrogens with zero attached hydrogens (tertiary/aromatic N) is 1. The highest BCUT2D eigenvalue weighted by Gasteiger charge is 2.03. The second-order valence-electron chi connectivity index (χ2n) is 3.35. The van der Waals surface area contributed by atoms with Gasteiger partial charge in [-0.3, -0.25) is 0 Å². The third-order valence-electron chi connectivity index (χ3n) is 1.85. The zero-order valence-electron chi connectivity index (χ0n) is 8.03. The zero-order valence-corrected chi connectivity index (χ0v) is 8.84. The minimum atomic E-state index is 0.202. The van der Waals surface area contributed by atoms with Crippen molar-refractivity contribution in [1.29, 1.82) is 0 Å². The van der Waals surface area contributed by atoms with Gasteiger partial charge in [0, 0.05) is 11.8 Å². The lowest BCUT2D eigenvalue weighted by Gasteiger charge is -2.00. The van der Waals surface area contributed by atoms with Crippen molar-refractivity contribution in [2.24, 2.45) is 5.73 Å². The summed E-state index contributed by atoms with van der Waals surface area (Å²) in [6.07, 6.45) is 0. The maximum Gasteiger partial charge on any atom is 0.166 e. The normalized spacial score (nSPS) is 13.3. The Labute approximate surface area is 87.1 Å². The highest BCUT2D eigenvalue weighted by atomic mass is 32.2. The van der Waals surface area contributed by atoms with Crippen molar-refractivity contribution in [3.63, 3.8) is 0 Å². The molecule has 1 unspecified atom stereocenters. The summed E-state index contributed by atoms with van der Waals surface area (Å²) in [5, 5.41) is 0.948. The summed E-state index contributed by atoms with van der Waals surface area (Å²) >= 11 is 1.66. The molecule has 0 fully saturated rings. The van der Waals surface area contributed by atoms with Crippen molar-refractivity contribution in [3.05, 3.63) is 24.3 Å². The van der Waals surface area contributed by atoms with Crippen LogP contribution in [0.15, 0.2) is 29.4 Å². The number of fused-ring (bicyclic) bond motifs is 1. The standard InChI is InChI=1S/C10H13N3S/c1-7(11)6-14-10-12-8-4-2-3-5-9(8)13-10/h2-5,7H,6,11H2,1H3,(H,12,13). The van der Waals surface area contributed by atoms with Crippen LogP contribution in [0.3, 0.4) is 0 Å². The van der Waals surface area contributed by atoms with E-state index in [2.05, 4.69) is 9.97 Å². The van der Waals surface area contributed by atoms with E-state index in [0.29, 0.717) is 0 Å². The molecule has 3 nitrogen and oxygen atoms in total. The Bertz CT molecular complexity index is 389. The molecule has 4 heteroatoms. The van der Waals surface area contributed by atoms with E-state index in [1.165, 1.54) is 0 Å². The minimum Gasteiger partial charge on any atom is -0.333 e. The number of para-hydroxylation sites is 2. The summed E-state index contributed by atoms with van der Waals surface area (Å²) in [4.78, 5) is 7.68. The quantitative estimate of drug-likeness (QED) is 0.757. The van der Waals surface area contributed by atoms with Gasteiger partial charge in [0.1, 0.15) is 0 Å². The molecule has 0 spiro atoms. The molecule has 3 N–H and O–H groups in total. The number of aromatic nitrogens is 2. The van der Waals surface area contributed by atoms with Crippen molar-refractivity contribution in [2.45, 2.75) is 18.1 Å². The van der Waals surface area contributed by atoms with E-state index < -0.39 is 0 Å². The predicted octanol–water partition coefficient (Wildman–Crippen LogP) is 2.00. The molecule has 1 heterocycles. The van der Waals surface area contributed by atoms with Gasteiger partial charge in [0.15, 0.2) is 5.16 Å². The number of aromatic amines is 1. The second-order valence-corrected chi connectivity index (χ2v) is 4.36. The Morgan fingerprint density at radius 3 is 3.00 bits per heavy atom. The monoisotopic (exact) mass is 207 g/mol. The van der Waals surface area contributed by atoms with Crippen LogP contribution in [0.1, 0.15) is 6.92 Å². The highest BCUT2D eigenvalue weighted by Crippen LogP contribution is 2.19. The number of imidazole rings is 1. The fourth-order valence-corrected chi connectivity index (χ4v) is 1.97. The molecule has 0 saturated heterocycles. The summed E-state index contributed by atoms with van der Waals surface area (Å²) in [6, 6.07) is 8.22. The van der Waals surface area contributed by atoms with Gasteiger partial charge in [0.2, 0.25) is 0 Å². The van der Waals surface area contributed by atoms with Crippen molar-refractivity contribution in [2.75, 3.05) is 5.75 Å². The number of H-pyrrole nitrogens is 1. The lowest BCUT2D eigenvalue weighted by molar-refractivity contribution is 0.844. The largest absolute Gasteiger partial charge is 0.333 e. The number of hydrogen-bond donors (Lipinski definition) is 2. The smallest absolute Gasteiger partial charge is 0.166 e. The van der Waals surface area contributed by atoms with Crippen molar-refractivity contribution < 1.29 is 0 Å². The zero-order chi connectivity index (χ0) is 9.97. The average molecular weight is 207 g/mol. The first-order valence-electron chi connectivity index (χ1n) is 4.59. The Kier molecular flexibility index (Phi) is 2.74. The fourth-order valence-electron chi connectivity index (χ4n) is 1.21. The van der Waals surface area contributed by atoms with Crippen LogP contribution in [0, 0.1) is 0 Å². The van der Waals surface area contributed by atoms with E-state index >= 15 is 0 Å². The molecule has 0 bridgehead atoms. The molecule has 0 amide bonds. The summed E-state index contributed by atoms with van der Waals surface area (Å²) in [5.41, 5.74) is 7.77. The fraction of sp³-hybridized carbons (Fsp3) is 0.300. The van der Waals surface area contributed by atoms with Gasteiger partial charge < -0.3 is 10.7 Å². The molecule has 2 rings (SSSR count). The maximum atomic E-state index is 5.67. The predicted molar refractivity (Wildman–Crippen MR) is 60.5 cm³/mol. The van der Waals surface area contributed by atoms with E-state index in [4.69, 9.17) is 5.73 Å². The average Bonchev–Trinajstić information content (AvgIpc) is 2.57. The minimum absolute atomic E-state index is 0.202. The molecular formula is C10H13N3S. The molecule has 74 valence electrons. The Morgan fingerprint density at radius 1 is 1.50 bits per heavy atom. The molecule has 0 saturated carbocycles. The van der Waals surface area contributed by atoms with Crippen LogP contribution in [0.5, 0.6) is 0 Å². The van der Waals surface area contributed by atoms with Crippen LogP contribution < -0.4 is 5.73 Å². The van der Waals surface area contributed by atoms with Gasteiger partial charge in [0.25, 0.3) is 0 Å². The van der Waals surface area contributed by atoms with Crippen molar-refractivity contribution >= 4 is 22.8 Å². The molecule has 1 atom stereocenters. The number of thioether (sulfide) groups is 1. The molecule has 1 aromatic carbocycles. The first kappa shape index (κ1) is 9.55. The Morgan fingerprint density at radius 2 is 2.29 bits per heavy atom. The molecule has 0 aliphatic heterocycles. The van der Waals surface area contributed by atoms with E-state index in [0.717, 1.165) is 21.9 Å². The van der Waals surface area contributed by atoms with Crippen molar-refractivity contribution in [3.8, 4) is 0 Å². The molecule has 1 aromatic heterocycles. The van der Waals surface area contributed by atoms with Gasteiger partial charge in [-0.05, 0) is 19.1 Å². The number of nitrogens with two attached hydrogens (primary N) is 1. The van der Waals surface area contributed by atoms with E-state index in [1.54, 1.807) is 11.8 Å².